The van der Waals surface area contributed by atoms with E-state index in [4.69, 9.17) is 19.2 Å². The second-order valence-corrected chi connectivity index (χ2v) is 14.3. The average molecular weight is 675 g/mol. The number of fused-ring (bicyclic) bond motifs is 3. The number of rotatable bonds is 7. The van der Waals surface area contributed by atoms with Gasteiger partial charge < -0.3 is 29.5 Å². The predicted octanol–water partition coefficient (Wildman–Crippen LogP) is 5.52. The number of thiazole rings is 1. The first-order chi connectivity index (χ1) is 23.3. The number of carboxylic acids is 1. The number of allylic oxidation sites excluding steroid dienone is 1. The lowest BCUT2D eigenvalue weighted by Crippen LogP contribution is -2.54. The second-order valence-electron chi connectivity index (χ2n) is 13.4. The van der Waals surface area contributed by atoms with Gasteiger partial charge in [0.1, 0.15) is 46.0 Å². The standard InChI is InChI=1S/C36H42N4O7S/c1-45-24-13-14-26-27(17-24)38-28(33-37-15-16-48-33)19-31(26)47-25-18-29-32(41)39-36(35(43)44)20-22(36)9-5-3-2-4-6-12-30(34(42)40(29)21-25)46-23-10-7-8-11-23/h5,9,13-17,19,22-23,25,29-30H,2-4,6-8,10-12,18,20-21H2,1H3,(H,39,41)(H,43,44)/b9-5+. The smallest absolute Gasteiger partial charge is 0.330 e. The van der Waals surface area contributed by atoms with E-state index in [0.717, 1.165) is 61.8 Å². The van der Waals surface area contributed by atoms with Gasteiger partial charge in [-0.2, -0.15) is 0 Å². The highest BCUT2D eigenvalue weighted by molar-refractivity contribution is 7.13. The number of carbonyl (C=O) groups excluding carboxylic acids is 2. The number of nitrogens with one attached hydrogen (secondary N) is 1. The quantitative estimate of drug-likeness (QED) is 0.310. The summed E-state index contributed by atoms with van der Waals surface area (Å²) in [6, 6.07) is 6.50. The molecular formula is C36H42N4O7S. The van der Waals surface area contributed by atoms with Crippen molar-refractivity contribution in [3.63, 3.8) is 0 Å². The van der Waals surface area contributed by atoms with Gasteiger partial charge >= 0.3 is 5.97 Å². The maximum atomic E-state index is 14.4. The van der Waals surface area contributed by atoms with Gasteiger partial charge in [-0.1, -0.05) is 37.8 Å². The molecule has 2 N–H and O–H groups in total. The molecule has 1 aromatic carbocycles. The molecule has 5 unspecified atom stereocenters. The number of amides is 2. The van der Waals surface area contributed by atoms with E-state index in [1.54, 1.807) is 18.2 Å². The molecule has 2 amide bonds. The third-order valence-corrected chi connectivity index (χ3v) is 11.0. The van der Waals surface area contributed by atoms with Crippen molar-refractivity contribution in [2.75, 3.05) is 13.7 Å². The van der Waals surface area contributed by atoms with E-state index in [9.17, 15) is 19.5 Å². The second kappa shape index (κ2) is 13.8. The molecule has 2 aliphatic heterocycles. The van der Waals surface area contributed by atoms with Crippen LogP contribution in [0.15, 0.2) is 48.0 Å². The van der Waals surface area contributed by atoms with Crippen LogP contribution >= 0.6 is 11.3 Å². The molecule has 7 rings (SSSR count). The summed E-state index contributed by atoms with van der Waals surface area (Å²) in [5.41, 5.74) is -0.0620. The van der Waals surface area contributed by atoms with Crippen LogP contribution in [-0.4, -0.2) is 81.3 Å². The zero-order valence-corrected chi connectivity index (χ0v) is 28.0. The van der Waals surface area contributed by atoms with E-state index in [1.807, 2.05) is 41.8 Å². The van der Waals surface area contributed by atoms with Gasteiger partial charge in [-0.3, -0.25) is 9.59 Å². The van der Waals surface area contributed by atoms with E-state index in [1.165, 1.54) is 11.3 Å². The summed E-state index contributed by atoms with van der Waals surface area (Å²) in [7, 11) is 1.60. The molecule has 0 radical (unpaired) electrons. The van der Waals surface area contributed by atoms with Gasteiger partial charge in [0.25, 0.3) is 5.91 Å². The van der Waals surface area contributed by atoms with Crippen LogP contribution in [0.3, 0.4) is 0 Å². The Morgan fingerprint density at radius 2 is 1.92 bits per heavy atom. The number of benzene rings is 1. The van der Waals surface area contributed by atoms with Crippen molar-refractivity contribution in [3.05, 3.63) is 48.0 Å². The van der Waals surface area contributed by atoms with Crippen molar-refractivity contribution in [3.8, 4) is 22.2 Å². The predicted molar refractivity (Wildman–Crippen MR) is 180 cm³/mol. The van der Waals surface area contributed by atoms with Crippen LogP contribution in [0.5, 0.6) is 11.5 Å². The highest BCUT2D eigenvalue weighted by Crippen LogP contribution is 2.45. The summed E-state index contributed by atoms with van der Waals surface area (Å²) >= 11 is 1.47. The number of ether oxygens (including phenoxy) is 3. The van der Waals surface area contributed by atoms with E-state index in [-0.39, 0.29) is 30.9 Å². The summed E-state index contributed by atoms with van der Waals surface area (Å²) < 4.78 is 18.6. The Morgan fingerprint density at radius 1 is 1.08 bits per heavy atom. The van der Waals surface area contributed by atoms with Gasteiger partial charge in [0.05, 0.1) is 25.3 Å². The number of nitrogens with zero attached hydrogens (tertiary/aromatic N) is 3. The molecule has 4 heterocycles. The SMILES string of the molecule is COc1ccc2c(OC3CC4C(=O)NC5(C(=O)O)CC5/C=C/CCCCCC(OC5CCCC5)C(=O)N4C3)cc(-c3nccs3)nc2c1. The third kappa shape index (κ3) is 6.64. The Bertz CT molecular complexity index is 1690. The monoisotopic (exact) mass is 674 g/mol. The topological polar surface area (TPSA) is 140 Å². The van der Waals surface area contributed by atoms with Crippen molar-refractivity contribution in [2.45, 2.75) is 101 Å². The number of methoxy groups -OCH3 is 1. The first kappa shape index (κ1) is 32.5. The number of aliphatic carboxylic acids is 1. The van der Waals surface area contributed by atoms with Gasteiger partial charge in [-0.05, 0) is 50.7 Å². The molecule has 2 saturated carbocycles. The number of hydrogen-bond donors (Lipinski definition) is 2. The molecule has 4 aliphatic rings. The maximum absolute atomic E-state index is 14.4. The molecule has 48 heavy (non-hydrogen) atoms. The van der Waals surface area contributed by atoms with Crippen LogP contribution < -0.4 is 14.8 Å². The normalized spacial score (nSPS) is 29.0. The fourth-order valence-corrected chi connectivity index (χ4v) is 8.00. The fourth-order valence-electron chi connectivity index (χ4n) is 7.40. The molecule has 254 valence electrons. The minimum Gasteiger partial charge on any atom is -0.497 e. The van der Waals surface area contributed by atoms with E-state index in [0.29, 0.717) is 35.6 Å². The number of pyridine rings is 1. The molecule has 3 aromatic rings. The van der Waals surface area contributed by atoms with Gasteiger partial charge in [-0.15, -0.1) is 11.3 Å². The van der Waals surface area contributed by atoms with Crippen molar-refractivity contribution < 1.29 is 33.7 Å². The lowest BCUT2D eigenvalue weighted by molar-refractivity contribution is -0.153. The van der Waals surface area contributed by atoms with Gasteiger partial charge in [-0.25, -0.2) is 14.8 Å². The van der Waals surface area contributed by atoms with Crippen LogP contribution in [0.25, 0.3) is 21.6 Å². The van der Waals surface area contributed by atoms with E-state index >= 15 is 0 Å². The highest BCUT2D eigenvalue weighted by atomic mass is 32.1. The molecule has 2 aliphatic carbocycles. The first-order valence-electron chi connectivity index (χ1n) is 17.1. The van der Waals surface area contributed by atoms with Crippen molar-refractivity contribution in [1.29, 1.82) is 0 Å². The molecular weight excluding hydrogens is 632 g/mol. The number of hydrogen-bond acceptors (Lipinski definition) is 9. The van der Waals surface area contributed by atoms with Crippen molar-refractivity contribution in [2.24, 2.45) is 5.92 Å². The highest BCUT2D eigenvalue weighted by Gasteiger charge is 2.61. The average Bonchev–Trinajstić information content (AvgIpc) is 3.59. The Kier molecular flexibility index (Phi) is 9.37. The minimum atomic E-state index is -1.37. The largest absolute Gasteiger partial charge is 0.497 e. The summed E-state index contributed by atoms with van der Waals surface area (Å²) in [6.07, 6.45) is 13.1. The zero-order chi connectivity index (χ0) is 33.3. The molecule has 11 nitrogen and oxygen atoms in total. The van der Waals surface area contributed by atoms with E-state index < -0.39 is 35.7 Å². The van der Waals surface area contributed by atoms with Gasteiger partial charge in [0.15, 0.2) is 0 Å². The van der Waals surface area contributed by atoms with Crippen LogP contribution in [0.1, 0.15) is 70.6 Å². The molecule has 12 heteroatoms. The molecule has 3 fully saturated rings. The number of aromatic nitrogens is 2. The summed E-state index contributed by atoms with van der Waals surface area (Å²) in [5.74, 6) is -0.846. The van der Waals surface area contributed by atoms with E-state index in [2.05, 4.69) is 10.3 Å². The third-order valence-electron chi connectivity index (χ3n) is 10.2. The fraction of sp³-hybridized carbons (Fsp3) is 0.528. The molecule has 5 atom stereocenters. The zero-order valence-electron chi connectivity index (χ0n) is 27.1. The van der Waals surface area contributed by atoms with Crippen molar-refractivity contribution in [1.82, 2.24) is 20.2 Å². The van der Waals surface area contributed by atoms with Crippen LogP contribution in [-0.2, 0) is 19.1 Å². The Morgan fingerprint density at radius 3 is 2.69 bits per heavy atom. The van der Waals surface area contributed by atoms with Crippen LogP contribution in [0.4, 0.5) is 0 Å². The summed E-state index contributed by atoms with van der Waals surface area (Å²) in [4.78, 5) is 51.8. The molecule has 2 aromatic heterocycles. The summed E-state index contributed by atoms with van der Waals surface area (Å²) in [5, 5.41) is 16.4. The number of carbonyl (C=O) groups is 3. The first-order valence-corrected chi connectivity index (χ1v) is 18.0. The Balaban J connectivity index is 1.21. The molecule has 0 spiro atoms. The molecule has 0 bridgehead atoms. The number of carboxylic acid groups (broad SMARTS) is 1. The Labute approximate surface area is 283 Å². The summed E-state index contributed by atoms with van der Waals surface area (Å²) in [6.45, 7) is 0.164. The van der Waals surface area contributed by atoms with Crippen molar-refractivity contribution >= 4 is 40.0 Å². The molecule has 1 saturated heterocycles. The van der Waals surface area contributed by atoms with Crippen LogP contribution in [0, 0.1) is 5.92 Å². The minimum absolute atomic E-state index is 0.0258. The van der Waals surface area contributed by atoms with Gasteiger partial charge in [0.2, 0.25) is 5.91 Å². The lowest BCUT2D eigenvalue weighted by atomic mass is 10.1. The van der Waals surface area contributed by atoms with Crippen LogP contribution in [0.2, 0.25) is 0 Å². The maximum Gasteiger partial charge on any atom is 0.330 e. The lowest BCUT2D eigenvalue weighted by Gasteiger charge is -2.30. The van der Waals surface area contributed by atoms with Gasteiger partial charge in [0, 0.05) is 41.4 Å². The Hall–Kier alpha value is -4.03.